The van der Waals surface area contributed by atoms with E-state index in [1.54, 1.807) is 0 Å². The molecule has 0 saturated carbocycles. The van der Waals surface area contributed by atoms with E-state index in [4.69, 9.17) is 4.74 Å². The van der Waals surface area contributed by atoms with Gasteiger partial charge in [-0.05, 0) is 5.56 Å². The summed E-state index contributed by atoms with van der Waals surface area (Å²) in [6, 6.07) is 9.53. The fourth-order valence-electron chi connectivity index (χ4n) is 1.69. The molecule has 0 bridgehead atoms. The van der Waals surface area contributed by atoms with Crippen molar-refractivity contribution < 1.29 is 23.8 Å². The van der Waals surface area contributed by atoms with Crippen molar-refractivity contribution >= 4 is 11.9 Å². The summed E-state index contributed by atoms with van der Waals surface area (Å²) in [6.07, 6.45) is 0. The van der Waals surface area contributed by atoms with Crippen LogP contribution in [0.1, 0.15) is 26.5 Å². The first-order valence-corrected chi connectivity index (χ1v) is 6.39. The SMILES string of the molecule is COC(=O)c1nn(COCc2ccccc2)nc1C(=O)OC. The standard InChI is InChI=1S/C14H15N3O5/c1-20-13(18)11-12(14(19)21-2)16-17(15-11)9-22-8-10-6-4-3-5-7-10/h3-7H,8-9H2,1-2H3. The Kier molecular flexibility index (Phi) is 5.21. The van der Waals surface area contributed by atoms with E-state index in [1.807, 2.05) is 30.3 Å². The van der Waals surface area contributed by atoms with Crippen molar-refractivity contribution in [2.75, 3.05) is 14.2 Å². The van der Waals surface area contributed by atoms with Gasteiger partial charge in [0, 0.05) is 0 Å². The van der Waals surface area contributed by atoms with Crippen molar-refractivity contribution in [1.82, 2.24) is 15.0 Å². The Labute approximate surface area is 126 Å². The van der Waals surface area contributed by atoms with Crippen LogP contribution in [0.5, 0.6) is 0 Å². The Balaban J connectivity index is 2.06. The van der Waals surface area contributed by atoms with Crippen molar-refractivity contribution in [3.63, 3.8) is 0 Å². The monoisotopic (exact) mass is 305 g/mol. The zero-order chi connectivity index (χ0) is 15.9. The number of benzene rings is 1. The van der Waals surface area contributed by atoms with Crippen LogP contribution in [0.25, 0.3) is 0 Å². The number of hydrogen-bond donors (Lipinski definition) is 0. The first kappa shape index (κ1) is 15.6. The van der Waals surface area contributed by atoms with E-state index >= 15 is 0 Å². The van der Waals surface area contributed by atoms with Crippen LogP contribution in [0.4, 0.5) is 0 Å². The number of hydrogen-bond acceptors (Lipinski definition) is 7. The molecule has 8 nitrogen and oxygen atoms in total. The van der Waals surface area contributed by atoms with Crippen LogP contribution in [-0.4, -0.2) is 41.2 Å². The van der Waals surface area contributed by atoms with Gasteiger partial charge in [0.05, 0.1) is 20.8 Å². The fraction of sp³-hybridized carbons (Fsp3) is 0.286. The molecule has 0 N–H and O–H groups in total. The largest absolute Gasteiger partial charge is 0.464 e. The Bertz CT molecular complexity index is 620. The smallest absolute Gasteiger partial charge is 0.361 e. The topological polar surface area (TPSA) is 92.5 Å². The van der Waals surface area contributed by atoms with Crippen LogP contribution in [0.2, 0.25) is 0 Å². The maximum Gasteiger partial charge on any atom is 0.361 e. The first-order valence-electron chi connectivity index (χ1n) is 6.39. The third-order valence-corrected chi connectivity index (χ3v) is 2.73. The van der Waals surface area contributed by atoms with Gasteiger partial charge >= 0.3 is 11.9 Å². The number of carbonyl (C=O) groups is 2. The molecule has 1 aromatic heterocycles. The third-order valence-electron chi connectivity index (χ3n) is 2.73. The van der Waals surface area contributed by atoms with Gasteiger partial charge in [0.2, 0.25) is 11.4 Å². The highest BCUT2D eigenvalue weighted by Gasteiger charge is 2.25. The van der Waals surface area contributed by atoms with Crippen LogP contribution in [0, 0.1) is 0 Å². The number of methoxy groups -OCH3 is 2. The molecule has 1 aromatic carbocycles. The molecule has 0 fully saturated rings. The quantitative estimate of drug-likeness (QED) is 0.736. The first-order chi connectivity index (χ1) is 10.7. The van der Waals surface area contributed by atoms with Crippen molar-refractivity contribution in [2.24, 2.45) is 0 Å². The van der Waals surface area contributed by atoms with Gasteiger partial charge in [0.25, 0.3) is 0 Å². The molecule has 0 atom stereocenters. The van der Waals surface area contributed by atoms with Gasteiger partial charge in [-0.1, -0.05) is 30.3 Å². The molecule has 0 aliphatic carbocycles. The van der Waals surface area contributed by atoms with E-state index < -0.39 is 11.9 Å². The van der Waals surface area contributed by atoms with Crippen molar-refractivity contribution in [3.8, 4) is 0 Å². The number of aromatic nitrogens is 3. The zero-order valence-electron chi connectivity index (χ0n) is 12.2. The molecule has 2 aromatic rings. The highest BCUT2D eigenvalue weighted by molar-refractivity contribution is 6.00. The second kappa shape index (κ2) is 7.32. The number of carbonyl (C=O) groups excluding carboxylic acids is 2. The van der Waals surface area contributed by atoms with Crippen LogP contribution in [-0.2, 0) is 27.5 Å². The molecule has 22 heavy (non-hydrogen) atoms. The lowest BCUT2D eigenvalue weighted by atomic mass is 10.2. The summed E-state index contributed by atoms with van der Waals surface area (Å²) in [7, 11) is 2.38. The van der Waals surface area contributed by atoms with Gasteiger partial charge in [-0.15, -0.1) is 10.2 Å². The van der Waals surface area contributed by atoms with E-state index in [1.165, 1.54) is 14.2 Å². The molecule has 0 unspecified atom stereocenters. The summed E-state index contributed by atoms with van der Waals surface area (Å²) in [5, 5.41) is 7.77. The normalized spacial score (nSPS) is 10.3. The molecular weight excluding hydrogens is 290 g/mol. The lowest BCUT2D eigenvalue weighted by Gasteiger charge is -2.03. The highest BCUT2D eigenvalue weighted by atomic mass is 16.5. The van der Waals surface area contributed by atoms with E-state index in [0.717, 1.165) is 10.4 Å². The predicted molar refractivity (Wildman–Crippen MR) is 73.9 cm³/mol. The average Bonchev–Trinajstić information content (AvgIpc) is 2.98. The molecule has 0 aliphatic heterocycles. The third kappa shape index (κ3) is 3.67. The maximum atomic E-state index is 11.6. The van der Waals surface area contributed by atoms with Gasteiger partial charge in [0.1, 0.15) is 0 Å². The van der Waals surface area contributed by atoms with Crippen LogP contribution >= 0.6 is 0 Å². The van der Waals surface area contributed by atoms with E-state index in [9.17, 15) is 9.59 Å². The Morgan fingerprint density at radius 1 is 1.00 bits per heavy atom. The molecule has 8 heteroatoms. The summed E-state index contributed by atoms with van der Waals surface area (Å²) < 4.78 is 14.5. The molecular formula is C14H15N3O5. The number of rotatable bonds is 6. The van der Waals surface area contributed by atoms with E-state index in [0.29, 0.717) is 6.61 Å². The molecule has 0 aliphatic rings. The summed E-state index contributed by atoms with van der Waals surface area (Å²) in [4.78, 5) is 24.3. The summed E-state index contributed by atoms with van der Waals surface area (Å²) in [5.41, 5.74) is 0.561. The van der Waals surface area contributed by atoms with Gasteiger partial charge in [-0.3, -0.25) is 0 Å². The lowest BCUT2D eigenvalue weighted by Crippen LogP contribution is -2.11. The number of esters is 2. The van der Waals surface area contributed by atoms with Crippen molar-refractivity contribution in [3.05, 3.63) is 47.3 Å². The minimum absolute atomic E-state index is 0.0180. The van der Waals surface area contributed by atoms with Crippen molar-refractivity contribution in [2.45, 2.75) is 13.3 Å². The molecule has 0 radical (unpaired) electrons. The molecule has 2 rings (SSSR count). The highest BCUT2D eigenvalue weighted by Crippen LogP contribution is 2.07. The molecule has 116 valence electrons. The predicted octanol–water partition coefficient (Wildman–Crippen LogP) is 1.03. The minimum Gasteiger partial charge on any atom is -0.464 e. The van der Waals surface area contributed by atoms with Gasteiger partial charge < -0.3 is 14.2 Å². The van der Waals surface area contributed by atoms with Crippen molar-refractivity contribution in [1.29, 1.82) is 0 Å². The Morgan fingerprint density at radius 2 is 1.55 bits per heavy atom. The van der Waals surface area contributed by atoms with E-state index in [-0.39, 0.29) is 18.1 Å². The second-order valence-corrected chi connectivity index (χ2v) is 4.22. The molecule has 0 saturated heterocycles. The number of ether oxygens (including phenoxy) is 3. The lowest BCUT2D eigenvalue weighted by molar-refractivity contribution is 0.0448. The Morgan fingerprint density at radius 3 is 2.05 bits per heavy atom. The fourth-order valence-corrected chi connectivity index (χ4v) is 1.69. The summed E-state index contributed by atoms with van der Waals surface area (Å²) >= 11 is 0. The molecule has 0 amide bonds. The summed E-state index contributed by atoms with van der Waals surface area (Å²) in [5.74, 6) is -1.54. The average molecular weight is 305 g/mol. The molecule has 1 heterocycles. The van der Waals surface area contributed by atoms with Crippen LogP contribution in [0.15, 0.2) is 30.3 Å². The zero-order valence-corrected chi connectivity index (χ0v) is 12.2. The van der Waals surface area contributed by atoms with Crippen LogP contribution in [0.3, 0.4) is 0 Å². The maximum absolute atomic E-state index is 11.6. The molecule has 0 spiro atoms. The van der Waals surface area contributed by atoms with E-state index in [2.05, 4.69) is 19.7 Å². The Hall–Kier alpha value is -2.74. The van der Waals surface area contributed by atoms with Gasteiger partial charge in [-0.25, -0.2) is 9.59 Å². The second-order valence-electron chi connectivity index (χ2n) is 4.22. The van der Waals surface area contributed by atoms with Crippen LogP contribution < -0.4 is 0 Å². The minimum atomic E-state index is -0.769. The number of nitrogens with zero attached hydrogens (tertiary/aromatic N) is 3. The van der Waals surface area contributed by atoms with Gasteiger partial charge in [0.15, 0.2) is 6.73 Å². The van der Waals surface area contributed by atoms with Gasteiger partial charge in [-0.2, -0.15) is 4.80 Å². The summed E-state index contributed by atoms with van der Waals surface area (Å²) in [6.45, 7) is 0.333.